The Labute approximate surface area is 116 Å². The number of halogens is 13. The van der Waals surface area contributed by atoms with Gasteiger partial charge in [0.05, 0.1) is 0 Å². The summed E-state index contributed by atoms with van der Waals surface area (Å²) in [5, 5.41) is -19.5. The first-order chi connectivity index (χ1) is 8.71. The van der Waals surface area contributed by atoms with E-state index in [1.807, 2.05) is 0 Å². The van der Waals surface area contributed by atoms with Crippen molar-refractivity contribution in [3.05, 3.63) is 0 Å². The first-order valence-corrected chi connectivity index (χ1v) is 5.35. The molecule has 21 heavy (non-hydrogen) atoms. The van der Waals surface area contributed by atoms with E-state index in [2.05, 4.69) is 0 Å². The van der Waals surface area contributed by atoms with Gasteiger partial charge in [-0.1, -0.05) is 0 Å². The van der Waals surface area contributed by atoms with Crippen molar-refractivity contribution in [2.24, 2.45) is 0 Å². The maximum Gasteiger partial charge on any atom is 0.441 e. The van der Waals surface area contributed by atoms with Gasteiger partial charge in [-0.25, -0.2) is 8.78 Å². The molecule has 0 aliphatic carbocycles. The zero-order chi connectivity index (χ0) is 17.7. The molecular weight excluding hydrogens is 383 g/mol. The Morgan fingerprint density at radius 3 is 1.00 bits per heavy atom. The Morgan fingerprint density at radius 1 is 0.524 bits per heavy atom. The lowest BCUT2D eigenvalue weighted by Gasteiger charge is -2.36. The molecule has 0 bridgehead atoms. The predicted octanol–water partition coefficient (Wildman–Crippen LogP) is 5.26. The summed E-state index contributed by atoms with van der Waals surface area (Å²) in [4.78, 5) is 0. The number of hydrogen-bond donors (Lipinski definition) is 1. The van der Waals surface area contributed by atoms with Crippen molar-refractivity contribution in [3.8, 4) is 0 Å². The molecule has 0 rings (SSSR count). The lowest BCUT2D eigenvalue weighted by molar-refractivity contribution is -0.305. The van der Waals surface area contributed by atoms with Gasteiger partial charge < -0.3 is 0 Å². The van der Waals surface area contributed by atoms with Gasteiger partial charge in [0.2, 0.25) is 0 Å². The zero-order valence-corrected chi connectivity index (χ0v) is 10.5. The van der Waals surface area contributed by atoms with Crippen molar-refractivity contribution in [1.29, 1.82) is 0 Å². The van der Waals surface area contributed by atoms with Crippen LogP contribution in [0.25, 0.3) is 0 Å². The molecule has 128 valence electrons. The molecule has 1 atom stereocenters. The van der Waals surface area contributed by atoms with Gasteiger partial charge in [-0.15, -0.1) is 12.6 Å². The van der Waals surface area contributed by atoms with Crippen LogP contribution in [0.5, 0.6) is 0 Å². The summed E-state index contributed by atoms with van der Waals surface area (Å²) in [6.07, 6.45) is -20.9. The minimum atomic E-state index is -7.09. The summed E-state index contributed by atoms with van der Waals surface area (Å²) in [6.45, 7) is 0. The Kier molecular flexibility index (Phi) is 5.11. The minimum Gasteiger partial charge on any atom is -0.214 e. The molecule has 0 spiro atoms. The van der Waals surface area contributed by atoms with Crippen LogP contribution >= 0.6 is 24.4 Å². The average Bonchev–Trinajstić information content (AvgIpc) is 2.10. The summed E-state index contributed by atoms with van der Waals surface area (Å²) in [6, 6.07) is 0. The Bertz CT molecular complexity index is 360. The molecule has 0 radical (unpaired) electrons. The fourth-order valence-electron chi connectivity index (χ4n) is 0.686. The summed E-state index contributed by atoms with van der Waals surface area (Å²) >= 11 is -1.54. The van der Waals surface area contributed by atoms with Gasteiger partial charge in [-0.3, -0.25) is 0 Å². The van der Waals surface area contributed by atoms with E-state index < -0.39 is 45.5 Å². The second kappa shape index (κ2) is 5.16. The van der Waals surface area contributed by atoms with E-state index in [-0.39, 0.29) is 0 Å². The SMILES string of the molecule is FC(F)(F)C(F)(S)C(F)(F)SC(F)(C(F)(F)F)C(F)(F)F. The molecule has 0 amide bonds. The highest BCUT2D eigenvalue weighted by atomic mass is 32.2. The van der Waals surface area contributed by atoms with Gasteiger partial charge in [0.15, 0.2) is 0 Å². The van der Waals surface area contributed by atoms with Crippen LogP contribution in [0.2, 0.25) is 0 Å². The molecule has 0 aliphatic rings. The van der Waals surface area contributed by atoms with E-state index in [1.54, 1.807) is 12.6 Å². The smallest absolute Gasteiger partial charge is 0.214 e. The van der Waals surface area contributed by atoms with Gasteiger partial charge in [-0.05, 0) is 11.8 Å². The van der Waals surface area contributed by atoms with Gasteiger partial charge in [0, 0.05) is 0 Å². The van der Waals surface area contributed by atoms with Crippen molar-refractivity contribution >= 4 is 24.4 Å². The molecule has 0 saturated carbocycles. The number of alkyl halides is 13. The highest BCUT2D eigenvalue weighted by molar-refractivity contribution is 8.02. The third-order valence-electron chi connectivity index (χ3n) is 1.76. The molecule has 0 heterocycles. The van der Waals surface area contributed by atoms with Crippen molar-refractivity contribution in [3.63, 3.8) is 0 Å². The Hall–Kier alpha value is -0.210. The molecular formula is C6HF13S2. The molecule has 0 saturated heterocycles. The number of rotatable bonds is 3. The third-order valence-corrected chi connectivity index (χ3v) is 3.73. The van der Waals surface area contributed by atoms with E-state index in [9.17, 15) is 57.1 Å². The molecule has 0 fully saturated rings. The largest absolute Gasteiger partial charge is 0.441 e. The van der Waals surface area contributed by atoms with E-state index >= 15 is 0 Å². The van der Waals surface area contributed by atoms with Crippen LogP contribution in [-0.4, -0.2) is 33.8 Å². The lowest BCUT2D eigenvalue weighted by Crippen LogP contribution is -2.57. The van der Waals surface area contributed by atoms with Gasteiger partial charge >= 0.3 is 33.8 Å². The average molecular weight is 384 g/mol. The molecule has 0 aromatic heterocycles. The number of hydrogen-bond acceptors (Lipinski definition) is 2. The maximum atomic E-state index is 12.9. The number of thioether (sulfide) groups is 1. The molecule has 0 N–H and O–H groups in total. The summed E-state index contributed by atoms with van der Waals surface area (Å²) in [5.41, 5.74) is 0. The molecule has 0 aliphatic heterocycles. The van der Waals surface area contributed by atoms with Gasteiger partial charge in [-0.2, -0.15) is 48.3 Å². The van der Waals surface area contributed by atoms with E-state index in [4.69, 9.17) is 0 Å². The van der Waals surface area contributed by atoms with E-state index in [1.165, 1.54) is 0 Å². The Morgan fingerprint density at radius 2 is 0.810 bits per heavy atom. The van der Waals surface area contributed by atoms with Crippen LogP contribution in [-0.2, 0) is 0 Å². The van der Waals surface area contributed by atoms with Crippen LogP contribution in [0.4, 0.5) is 57.1 Å². The second-order valence-corrected chi connectivity index (χ2v) is 5.23. The normalized spacial score (nSPS) is 18.6. The van der Waals surface area contributed by atoms with Crippen molar-refractivity contribution in [2.45, 2.75) is 33.8 Å². The van der Waals surface area contributed by atoms with Gasteiger partial charge in [0.25, 0.3) is 0 Å². The van der Waals surface area contributed by atoms with Crippen molar-refractivity contribution in [2.75, 3.05) is 0 Å². The standard InChI is InChI=1S/C6HF13S2/c7-1(20,3(9,10)11)6(18,19)21-2(8,4(12,13)14)5(15,16)17/h20H. The fourth-order valence-corrected chi connectivity index (χ4v) is 1.66. The first kappa shape index (κ1) is 20.8. The maximum absolute atomic E-state index is 12.9. The van der Waals surface area contributed by atoms with Crippen LogP contribution in [0.1, 0.15) is 0 Å². The van der Waals surface area contributed by atoms with Crippen LogP contribution in [0.15, 0.2) is 0 Å². The Balaban J connectivity index is 5.89. The quantitative estimate of drug-likeness (QED) is 0.512. The molecule has 1 unspecified atom stereocenters. The molecule has 0 aromatic rings. The van der Waals surface area contributed by atoms with E-state index in [0.717, 1.165) is 0 Å². The van der Waals surface area contributed by atoms with Gasteiger partial charge in [0.1, 0.15) is 0 Å². The predicted molar refractivity (Wildman–Crippen MR) is 47.4 cm³/mol. The van der Waals surface area contributed by atoms with E-state index in [0.29, 0.717) is 0 Å². The fraction of sp³-hybridized carbons (Fsp3) is 1.00. The first-order valence-electron chi connectivity index (χ1n) is 4.09. The highest BCUT2D eigenvalue weighted by Crippen LogP contribution is 2.63. The topological polar surface area (TPSA) is 0 Å². The van der Waals surface area contributed by atoms with Crippen LogP contribution in [0.3, 0.4) is 0 Å². The van der Waals surface area contributed by atoms with Crippen molar-refractivity contribution in [1.82, 2.24) is 0 Å². The lowest BCUT2D eigenvalue weighted by atomic mass is 10.3. The molecule has 15 heteroatoms. The molecule has 0 nitrogen and oxygen atoms in total. The molecule has 0 aromatic carbocycles. The monoisotopic (exact) mass is 384 g/mol. The van der Waals surface area contributed by atoms with Crippen molar-refractivity contribution < 1.29 is 57.1 Å². The second-order valence-electron chi connectivity index (χ2n) is 3.33. The van der Waals surface area contributed by atoms with Crippen LogP contribution in [0, 0.1) is 0 Å². The summed E-state index contributed by atoms with van der Waals surface area (Å²) in [5.74, 6) is 0. The summed E-state index contributed by atoms with van der Waals surface area (Å²) in [7, 11) is 0. The highest BCUT2D eigenvalue weighted by Gasteiger charge is 2.81. The minimum absolute atomic E-state index is 1.69. The summed E-state index contributed by atoms with van der Waals surface area (Å²) < 4.78 is 158. The third kappa shape index (κ3) is 3.59. The zero-order valence-electron chi connectivity index (χ0n) is 8.77. The number of thiol groups is 1. The van der Waals surface area contributed by atoms with Crippen LogP contribution < -0.4 is 0 Å².